The van der Waals surface area contributed by atoms with E-state index in [0.29, 0.717) is 35.2 Å². The number of anilines is 2. The number of nitrogens with two attached hydrogens (primary N) is 1. The molecule has 2 aromatic carbocycles. The van der Waals surface area contributed by atoms with Crippen LogP contribution >= 0.6 is 0 Å². The number of aldehydes is 1. The van der Waals surface area contributed by atoms with Crippen molar-refractivity contribution < 1.29 is 23.8 Å². The van der Waals surface area contributed by atoms with Crippen LogP contribution in [0.5, 0.6) is 0 Å². The summed E-state index contributed by atoms with van der Waals surface area (Å²) in [6, 6.07) is 13.5. The fourth-order valence-electron chi connectivity index (χ4n) is 4.83. The lowest BCUT2D eigenvalue weighted by molar-refractivity contribution is 0.0776. The molecule has 0 aliphatic heterocycles. The Kier molecular flexibility index (Phi) is 9.69. The molecule has 2 aliphatic rings. The van der Waals surface area contributed by atoms with Gasteiger partial charge in [-0.05, 0) is 102 Å². The number of nitrogens with zero attached hydrogens (tertiary/aromatic N) is 4. The van der Waals surface area contributed by atoms with E-state index in [1.165, 1.54) is 30.5 Å². The first kappa shape index (κ1) is 33.6. The predicted octanol–water partition coefficient (Wildman–Crippen LogP) is 6.90. The van der Waals surface area contributed by atoms with Crippen molar-refractivity contribution in [2.75, 3.05) is 11.1 Å². The maximum absolute atomic E-state index is 13.6. The average molecular weight is 643 g/mol. The monoisotopic (exact) mass is 642 g/mol. The third-order valence-corrected chi connectivity index (χ3v) is 7.82. The Morgan fingerprint density at radius 1 is 0.851 bits per heavy atom. The molecule has 2 aliphatic carbocycles. The maximum atomic E-state index is 13.6. The molecule has 3 aromatic heterocycles. The zero-order valence-corrected chi connectivity index (χ0v) is 26.9. The van der Waals surface area contributed by atoms with Gasteiger partial charge in [0.15, 0.2) is 6.29 Å². The normalized spacial score (nSPS) is 14.5. The molecule has 2 saturated carbocycles. The largest absolute Gasteiger partial charge is 0.397 e. The van der Waals surface area contributed by atoms with Crippen LogP contribution in [0, 0.1) is 11.6 Å². The minimum absolute atomic E-state index is 0.243. The van der Waals surface area contributed by atoms with Crippen molar-refractivity contribution in [3.05, 3.63) is 102 Å². The van der Waals surface area contributed by atoms with E-state index in [9.17, 15) is 23.8 Å². The molecule has 246 valence electrons. The molecule has 2 fully saturated rings. The van der Waals surface area contributed by atoms with Crippen molar-refractivity contribution in [2.45, 2.75) is 76.7 Å². The fourth-order valence-corrected chi connectivity index (χ4v) is 4.83. The van der Waals surface area contributed by atoms with Gasteiger partial charge < -0.3 is 25.8 Å². The second-order valence-electron chi connectivity index (χ2n) is 13.0. The van der Waals surface area contributed by atoms with Gasteiger partial charge in [-0.25, -0.2) is 13.8 Å². The van der Waals surface area contributed by atoms with Gasteiger partial charge in [0.1, 0.15) is 17.5 Å². The SMILES string of the molecule is CC(C)(O)c1cncc(-c2nc3ccc(F)cc3n2C2CC2)c1.CC(C)(O)c1cncc(C=O)c1.Nc1ccc(F)cc1NC1CC1. The quantitative estimate of drug-likeness (QED) is 0.111. The standard InChI is InChI=1S/C18H18FN3O.C9H11FN2.C9H11NO2/c1-18(2,23)12-7-11(9-20-10-12)17-21-15-6-3-13(19)8-16(15)22(17)14-4-5-14;10-6-1-4-8(11)9(5-6)12-7-2-3-7;1-9(2,12)8-3-7(6-11)4-10-5-8/h3,6-10,14,23H,4-5H2,1-2H3;1,4-5,7,12H,2-3,11H2;3-6,12H,1-2H3. The van der Waals surface area contributed by atoms with Gasteiger partial charge in [-0.3, -0.25) is 14.8 Å². The summed E-state index contributed by atoms with van der Waals surface area (Å²) in [6.45, 7) is 6.76. The van der Waals surface area contributed by atoms with Crippen LogP contribution in [0.15, 0.2) is 73.3 Å². The molecular weight excluding hydrogens is 602 g/mol. The summed E-state index contributed by atoms with van der Waals surface area (Å²) in [6.07, 6.45) is 11.6. The molecular formula is C36H40F2N6O3. The molecule has 47 heavy (non-hydrogen) atoms. The summed E-state index contributed by atoms with van der Waals surface area (Å²) in [5.41, 5.74) is 9.36. The fraction of sp³-hybridized carbons (Fsp3) is 0.333. The lowest BCUT2D eigenvalue weighted by Gasteiger charge is -2.18. The highest BCUT2D eigenvalue weighted by molar-refractivity contribution is 5.81. The Morgan fingerprint density at radius 3 is 2.09 bits per heavy atom. The highest BCUT2D eigenvalue weighted by atomic mass is 19.1. The number of aliphatic hydroxyl groups is 2. The molecule has 3 heterocycles. The van der Waals surface area contributed by atoms with Gasteiger partial charge >= 0.3 is 0 Å². The maximum Gasteiger partial charge on any atom is 0.151 e. The summed E-state index contributed by atoms with van der Waals surface area (Å²) in [4.78, 5) is 23.1. The van der Waals surface area contributed by atoms with Crippen LogP contribution in [0.2, 0.25) is 0 Å². The van der Waals surface area contributed by atoms with Gasteiger partial charge in [-0.15, -0.1) is 0 Å². The van der Waals surface area contributed by atoms with Crippen LogP contribution in [0.4, 0.5) is 20.2 Å². The molecule has 0 bridgehead atoms. The number of nitrogen functional groups attached to an aromatic ring is 1. The van der Waals surface area contributed by atoms with Crippen molar-refractivity contribution in [1.82, 2.24) is 19.5 Å². The number of carbonyl (C=O) groups excluding carboxylic acids is 1. The molecule has 5 aromatic rings. The molecule has 0 radical (unpaired) electrons. The zero-order chi connectivity index (χ0) is 33.9. The number of hydrogen-bond acceptors (Lipinski definition) is 8. The highest BCUT2D eigenvalue weighted by Gasteiger charge is 2.29. The molecule has 5 N–H and O–H groups in total. The van der Waals surface area contributed by atoms with Crippen LogP contribution in [-0.2, 0) is 11.2 Å². The number of imidazole rings is 1. The lowest BCUT2D eigenvalue weighted by Crippen LogP contribution is -2.15. The number of pyridine rings is 2. The van der Waals surface area contributed by atoms with Crippen molar-refractivity contribution in [2.24, 2.45) is 0 Å². The smallest absolute Gasteiger partial charge is 0.151 e. The summed E-state index contributed by atoms with van der Waals surface area (Å²) >= 11 is 0. The van der Waals surface area contributed by atoms with Crippen LogP contribution in [0.3, 0.4) is 0 Å². The van der Waals surface area contributed by atoms with Gasteiger partial charge in [-0.2, -0.15) is 0 Å². The number of fused-ring (bicyclic) bond motifs is 1. The molecule has 0 saturated heterocycles. The highest BCUT2D eigenvalue weighted by Crippen LogP contribution is 2.41. The van der Waals surface area contributed by atoms with E-state index in [4.69, 9.17) is 5.73 Å². The van der Waals surface area contributed by atoms with E-state index >= 15 is 0 Å². The number of aromatic nitrogens is 4. The Labute approximate surface area is 272 Å². The molecule has 0 atom stereocenters. The number of halogens is 2. The molecule has 0 spiro atoms. The topological polar surface area (TPSA) is 139 Å². The van der Waals surface area contributed by atoms with Crippen LogP contribution in [0.1, 0.15) is 80.9 Å². The van der Waals surface area contributed by atoms with Gasteiger partial charge in [0.25, 0.3) is 0 Å². The summed E-state index contributed by atoms with van der Waals surface area (Å²) < 4.78 is 28.5. The number of nitrogens with one attached hydrogen (secondary N) is 1. The Morgan fingerprint density at radius 2 is 1.47 bits per heavy atom. The first-order valence-electron chi connectivity index (χ1n) is 15.5. The van der Waals surface area contributed by atoms with E-state index < -0.39 is 11.2 Å². The molecule has 9 nitrogen and oxygen atoms in total. The van der Waals surface area contributed by atoms with E-state index in [1.54, 1.807) is 64.5 Å². The number of benzene rings is 2. The first-order chi connectivity index (χ1) is 22.2. The zero-order valence-electron chi connectivity index (χ0n) is 26.9. The van der Waals surface area contributed by atoms with Gasteiger partial charge in [-0.1, -0.05) is 0 Å². The molecule has 0 unspecified atom stereocenters. The van der Waals surface area contributed by atoms with E-state index in [-0.39, 0.29) is 11.6 Å². The van der Waals surface area contributed by atoms with E-state index in [1.807, 2.05) is 6.07 Å². The second-order valence-corrected chi connectivity index (χ2v) is 13.0. The third kappa shape index (κ3) is 8.75. The molecule has 11 heteroatoms. The second kappa shape index (κ2) is 13.5. The number of hydrogen-bond donors (Lipinski definition) is 4. The van der Waals surface area contributed by atoms with Crippen LogP contribution in [0.25, 0.3) is 22.4 Å². The van der Waals surface area contributed by atoms with Crippen molar-refractivity contribution in [1.29, 1.82) is 0 Å². The predicted molar refractivity (Wildman–Crippen MR) is 179 cm³/mol. The van der Waals surface area contributed by atoms with E-state index in [0.717, 1.165) is 59.4 Å². The van der Waals surface area contributed by atoms with Crippen LogP contribution in [-0.4, -0.2) is 42.1 Å². The Hall–Kier alpha value is -4.74. The van der Waals surface area contributed by atoms with E-state index in [2.05, 4.69) is 24.8 Å². The number of carbonyl (C=O) groups is 1. The number of rotatable bonds is 7. The Bertz CT molecular complexity index is 1870. The summed E-state index contributed by atoms with van der Waals surface area (Å²) in [5, 5.41) is 22.9. The average Bonchev–Trinajstić information content (AvgIpc) is 3.98. The van der Waals surface area contributed by atoms with Gasteiger partial charge in [0.05, 0.1) is 33.6 Å². The van der Waals surface area contributed by atoms with Crippen LogP contribution < -0.4 is 11.1 Å². The lowest BCUT2D eigenvalue weighted by atomic mass is 9.99. The van der Waals surface area contributed by atoms with Crippen molar-refractivity contribution in [3.8, 4) is 11.4 Å². The Balaban J connectivity index is 0.000000153. The van der Waals surface area contributed by atoms with Crippen molar-refractivity contribution >= 4 is 28.7 Å². The van der Waals surface area contributed by atoms with Gasteiger partial charge in [0, 0.05) is 59.1 Å². The molecule has 7 rings (SSSR count). The molecule has 0 amide bonds. The minimum Gasteiger partial charge on any atom is -0.397 e. The summed E-state index contributed by atoms with van der Waals surface area (Å²) in [7, 11) is 0. The summed E-state index contributed by atoms with van der Waals surface area (Å²) in [5.74, 6) is 0.285. The first-order valence-corrected chi connectivity index (χ1v) is 15.5. The minimum atomic E-state index is -0.967. The third-order valence-electron chi connectivity index (χ3n) is 7.82. The van der Waals surface area contributed by atoms with Crippen molar-refractivity contribution in [3.63, 3.8) is 0 Å². The van der Waals surface area contributed by atoms with Gasteiger partial charge in [0.2, 0.25) is 0 Å².